The van der Waals surface area contributed by atoms with Gasteiger partial charge in [0.2, 0.25) is 5.91 Å². The van der Waals surface area contributed by atoms with Crippen LogP contribution < -0.4 is 4.90 Å². The van der Waals surface area contributed by atoms with E-state index in [-0.39, 0.29) is 24.5 Å². The normalized spacial score (nSPS) is 19.2. The first-order valence-corrected chi connectivity index (χ1v) is 9.54. The predicted octanol–water partition coefficient (Wildman–Crippen LogP) is 1.57. The van der Waals surface area contributed by atoms with Crippen molar-refractivity contribution in [2.45, 2.75) is 18.9 Å². The fourth-order valence-corrected chi connectivity index (χ4v) is 4.50. The summed E-state index contributed by atoms with van der Waals surface area (Å²) in [5.41, 5.74) is 0.920. The van der Waals surface area contributed by atoms with E-state index in [1.807, 2.05) is 6.07 Å². The van der Waals surface area contributed by atoms with Crippen molar-refractivity contribution in [1.82, 2.24) is 19.8 Å². The highest BCUT2D eigenvalue weighted by molar-refractivity contribution is 7.22. The molecule has 0 unspecified atom stereocenters. The third kappa shape index (κ3) is 3.12. The van der Waals surface area contributed by atoms with Crippen LogP contribution in [0, 0.1) is 0 Å². The molecule has 0 atom stereocenters. The van der Waals surface area contributed by atoms with Crippen LogP contribution in [0.25, 0.3) is 10.2 Å². The molecule has 2 saturated heterocycles. The SMILES string of the molecule is COCCN1C(=O)CN(C2CCN(c3nc4cnccc4s3)CC2)C1=O. The number of thiazole rings is 1. The molecule has 0 radical (unpaired) electrons. The number of methoxy groups -OCH3 is 1. The lowest BCUT2D eigenvalue weighted by molar-refractivity contribution is -0.125. The van der Waals surface area contributed by atoms with Crippen LogP contribution in [-0.2, 0) is 9.53 Å². The molecule has 9 heteroatoms. The number of urea groups is 1. The van der Waals surface area contributed by atoms with Crippen LogP contribution in [0.4, 0.5) is 9.93 Å². The number of amides is 3. The first kappa shape index (κ1) is 17.2. The average molecular weight is 375 g/mol. The molecule has 4 heterocycles. The van der Waals surface area contributed by atoms with Gasteiger partial charge < -0.3 is 14.5 Å². The Morgan fingerprint density at radius 3 is 2.85 bits per heavy atom. The minimum atomic E-state index is -0.184. The zero-order valence-corrected chi connectivity index (χ0v) is 15.4. The maximum absolute atomic E-state index is 12.5. The van der Waals surface area contributed by atoms with Crippen LogP contribution in [0.2, 0.25) is 0 Å². The molecule has 0 aromatic carbocycles. The van der Waals surface area contributed by atoms with Gasteiger partial charge in [0, 0.05) is 32.4 Å². The number of piperidine rings is 1. The topological polar surface area (TPSA) is 78.9 Å². The number of carbonyl (C=O) groups is 2. The molecule has 0 spiro atoms. The molecular weight excluding hydrogens is 354 g/mol. The number of nitrogens with zero attached hydrogens (tertiary/aromatic N) is 5. The number of rotatable bonds is 5. The molecular formula is C17H21N5O3S. The van der Waals surface area contributed by atoms with Crippen LogP contribution in [0.15, 0.2) is 18.5 Å². The minimum Gasteiger partial charge on any atom is -0.383 e. The van der Waals surface area contributed by atoms with E-state index in [4.69, 9.17) is 4.74 Å². The van der Waals surface area contributed by atoms with Crippen LogP contribution in [0.3, 0.4) is 0 Å². The Balaban J connectivity index is 1.39. The Labute approximate surface area is 155 Å². The van der Waals surface area contributed by atoms with E-state index in [0.717, 1.165) is 41.3 Å². The van der Waals surface area contributed by atoms with Gasteiger partial charge in [0.1, 0.15) is 12.1 Å². The molecule has 0 saturated carbocycles. The molecule has 2 fully saturated rings. The van der Waals surface area contributed by atoms with Gasteiger partial charge in [0.15, 0.2) is 5.13 Å². The van der Waals surface area contributed by atoms with Crippen molar-refractivity contribution >= 4 is 38.6 Å². The minimum absolute atomic E-state index is 0.103. The molecule has 2 aromatic heterocycles. The number of carbonyl (C=O) groups excluding carboxylic acids is 2. The molecule has 0 bridgehead atoms. The van der Waals surface area contributed by atoms with Gasteiger partial charge in [0.05, 0.1) is 24.0 Å². The third-order valence-corrected chi connectivity index (χ3v) is 6.05. The lowest BCUT2D eigenvalue weighted by Gasteiger charge is -2.36. The maximum Gasteiger partial charge on any atom is 0.327 e. The zero-order chi connectivity index (χ0) is 18.1. The van der Waals surface area contributed by atoms with Crippen molar-refractivity contribution in [3.8, 4) is 0 Å². The lowest BCUT2D eigenvalue weighted by atomic mass is 10.0. The Morgan fingerprint density at radius 2 is 2.12 bits per heavy atom. The summed E-state index contributed by atoms with van der Waals surface area (Å²) in [6, 6.07) is 1.90. The summed E-state index contributed by atoms with van der Waals surface area (Å²) in [5, 5.41) is 0.997. The first-order valence-electron chi connectivity index (χ1n) is 8.73. The Bertz CT molecular complexity index is 785. The number of hydrogen-bond donors (Lipinski definition) is 0. The van der Waals surface area contributed by atoms with Crippen molar-refractivity contribution in [3.63, 3.8) is 0 Å². The highest BCUT2D eigenvalue weighted by Crippen LogP contribution is 2.31. The standard InChI is InChI=1S/C17H21N5O3S/c1-25-9-8-21-15(23)11-22(17(21)24)12-3-6-20(7-4-12)16-19-13-10-18-5-2-14(13)26-16/h2,5,10,12H,3-4,6-9,11H2,1H3. The van der Waals surface area contributed by atoms with E-state index < -0.39 is 0 Å². The Kier molecular flexibility index (Phi) is 4.73. The number of hydrogen-bond acceptors (Lipinski definition) is 7. The van der Waals surface area contributed by atoms with Crippen molar-refractivity contribution < 1.29 is 14.3 Å². The molecule has 0 aliphatic carbocycles. The smallest absolute Gasteiger partial charge is 0.327 e. The number of anilines is 1. The summed E-state index contributed by atoms with van der Waals surface area (Å²) in [6.45, 7) is 2.53. The van der Waals surface area contributed by atoms with Crippen LogP contribution in [0.1, 0.15) is 12.8 Å². The molecule has 3 amide bonds. The van der Waals surface area contributed by atoms with Gasteiger partial charge >= 0.3 is 6.03 Å². The number of aromatic nitrogens is 2. The van der Waals surface area contributed by atoms with E-state index in [2.05, 4.69) is 14.9 Å². The number of fused-ring (bicyclic) bond motifs is 1. The second-order valence-corrected chi connectivity index (χ2v) is 7.52. The van der Waals surface area contributed by atoms with Gasteiger partial charge in [-0.05, 0) is 18.9 Å². The summed E-state index contributed by atoms with van der Waals surface area (Å²) in [4.78, 5) is 38.7. The van der Waals surface area contributed by atoms with Crippen molar-refractivity contribution in [1.29, 1.82) is 0 Å². The summed E-state index contributed by atoms with van der Waals surface area (Å²) >= 11 is 1.67. The van der Waals surface area contributed by atoms with Gasteiger partial charge in [-0.2, -0.15) is 0 Å². The molecule has 4 rings (SSSR count). The van der Waals surface area contributed by atoms with E-state index >= 15 is 0 Å². The Morgan fingerprint density at radius 1 is 1.31 bits per heavy atom. The molecule has 0 N–H and O–H groups in total. The molecule has 26 heavy (non-hydrogen) atoms. The largest absolute Gasteiger partial charge is 0.383 e. The molecule has 2 aromatic rings. The number of ether oxygens (including phenoxy) is 1. The monoisotopic (exact) mass is 375 g/mol. The van der Waals surface area contributed by atoms with Gasteiger partial charge in [0.25, 0.3) is 0 Å². The van der Waals surface area contributed by atoms with E-state index in [1.165, 1.54) is 4.90 Å². The lowest BCUT2D eigenvalue weighted by Crippen LogP contribution is -2.46. The molecule has 8 nitrogen and oxygen atoms in total. The van der Waals surface area contributed by atoms with Crippen LogP contribution >= 0.6 is 11.3 Å². The number of imide groups is 1. The fourth-order valence-electron chi connectivity index (χ4n) is 3.52. The molecule has 2 aliphatic rings. The molecule has 138 valence electrons. The highest BCUT2D eigenvalue weighted by atomic mass is 32.1. The summed E-state index contributed by atoms with van der Waals surface area (Å²) in [5.74, 6) is -0.131. The summed E-state index contributed by atoms with van der Waals surface area (Å²) < 4.78 is 6.12. The number of pyridine rings is 1. The highest BCUT2D eigenvalue weighted by Gasteiger charge is 2.40. The van der Waals surface area contributed by atoms with Gasteiger partial charge in [-0.3, -0.25) is 14.7 Å². The second kappa shape index (κ2) is 7.16. The summed E-state index contributed by atoms with van der Waals surface area (Å²) in [6.07, 6.45) is 5.24. The van der Waals surface area contributed by atoms with Crippen LogP contribution in [0.5, 0.6) is 0 Å². The van der Waals surface area contributed by atoms with E-state index in [9.17, 15) is 9.59 Å². The van der Waals surface area contributed by atoms with E-state index in [0.29, 0.717) is 13.2 Å². The quantitative estimate of drug-likeness (QED) is 0.738. The predicted molar refractivity (Wildman–Crippen MR) is 98.3 cm³/mol. The maximum atomic E-state index is 12.5. The van der Waals surface area contributed by atoms with Crippen LogP contribution in [-0.4, -0.2) is 77.6 Å². The van der Waals surface area contributed by atoms with Gasteiger partial charge in [-0.1, -0.05) is 11.3 Å². The van der Waals surface area contributed by atoms with Crippen molar-refractivity contribution in [2.24, 2.45) is 0 Å². The first-order chi connectivity index (χ1) is 12.7. The Hall–Kier alpha value is -2.26. The third-order valence-electron chi connectivity index (χ3n) is 4.96. The zero-order valence-electron chi connectivity index (χ0n) is 14.6. The second-order valence-electron chi connectivity index (χ2n) is 6.51. The fraction of sp³-hybridized carbons (Fsp3) is 0.529. The van der Waals surface area contributed by atoms with Crippen molar-refractivity contribution in [3.05, 3.63) is 18.5 Å². The van der Waals surface area contributed by atoms with Gasteiger partial charge in [-0.15, -0.1) is 0 Å². The van der Waals surface area contributed by atoms with Gasteiger partial charge in [-0.25, -0.2) is 9.78 Å². The molecule has 2 aliphatic heterocycles. The average Bonchev–Trinajstić information content (AvgIpc) is 3.21. The summed E-state index contributed by atoms with van der Waals surface area (Å²) in [7, 11) is 1.57. The van der Waals surface area contributed by atoms with Crippen molar-refractivity contribution in [2.75, 3.05) is 44.8 Å². The van der Waals surface area contributed by atoms with E-state index in [1.54, 1.807) is 35.7 Å².